The molecule has 0 aromatic heterocycles. The molecular formula is C21H31N3O3. The molecule has 1 aromatic carbocycles. The van der Waals surface area contributed by atoms with E-state index >= 15 is 0 Å². The summed E-state index contributed by atoms with van der Waals surface area (Å²) in [5, 5.41) is 5.96. The topological polar surface area (TPSA) is 93.4 Å². The van der Waals surface area contributed by atoms with Crippen LogP contribution in [0.3, 0.4) is 0 Å². The van der Waals surface area contributed by atoms with Crippen LogP contribution in [0.1, 0.15) is 63.2 Å². The van der Waals surface area contributed by atoms with Gasteiger partial charge < -0.3 is 21.1 Å². The minimum Gasteiger partial charge on any atom is -0.378 e. The fourth-order valence-corrected chi connectivity index (χ4v) is 4.11. The molecule has 2 atom stereocenters. The Morgan fingerprint density at radius 1 is 1.19 bits per heavy atom. The van der Waals surface area contributed by atoms with Crippen LogP contribution in [-0.2, 0) is 9.53 Å². The Hall–Kier alpha value is -1.92. The molecule has 0 spiro atoms. The van der Waals surface area contributed by atoms with Gasteiger partial charge >= 0.3 is 0 Å². The SMILES string of the molecule is CCOC1CC(N)(C(=O)Nc2ccc(C(=O)NC3CCCC3)cc2)C1(C)C. The summed E-state index contributed by atoms with van der Waals surface area (Å²) in [6.07, 6.45) is 4.95. The van der Waals surface area contributed by atoms with Crippen molar-refractivity contribution in [3.8, 4) is 0 Å². The van der Waals surface area contributed by atoms with Gasteiger partial charge in [0.15, 0.2) is 0 Å². The predicted molar refractivity (Wildman–Crippen MR) is 106 cm³/mol. The molecule has 6 heteroatoms. The molecule has 0 radical (unpaired) electrons. The lowest BCUT2D eigenvalue weighted by Gasteiger charge is -2.57. The van der Waals surface area contributed by atoms with Crippen molar-refractivity contribution in [3.63, 3.8) is 0 Å². The van der Waals surface area contributed by atoms with E-state index in [0.29, 0.717) is 24.3 Å². The Bertz CT molecular complexity index is 695. The maximum Gasteiger partial charge on any atom is 0.251 e. The van der Waals surface area contributed by atoms with E-state index in [1.54, 1.807) is 24.3 Å². The number of anilines is 1. The van der Waals surface area contributed by atoms with E-state index in [-0.39, 0.29) is 24.0 Å². The van der Waals surface area contributed by atoms with Crippen molar-refractivity contribution in [1.82, 2.24) is 5.32 Å². The second-order valence-corrected chi connectivity index (χ2v) is 8.33. The largest absolute Gasteiger partial charge is 0.378 e. The summed E-state index contributed by atoms with van der Waals surface area (Å²) < 4.78 is 5.68. The van der Waals surface area contributed by atoms with Gasteiger partial charge in [0.2, 0.25) is 5.91 Å². The van der Waals surface area contributed by atoms with Gasteiger partial charge in [-0.25, -0.2) is 0 Å². The Morgan fingerprint density at radius 3 is 2.37 bits per heavy atom. The fraction of sp³-hybridized carbons (Fsp3) is 0.619. The van der Waals surface area contributed by atoms with Crippen LogP contribution in [-0.4, -0.2) is 36.1 Å². The molecule has 6 nitrogen and oxygen atoms in total. The van der Waals surface area contributed by atoms with Gasteiger partial charge in [0.05, 0.1) is 6.10 Å². The maximum absolute atomic E-state index is 12.8. The average molecular weight is 373 g/mol. The Labute approximate surface area is 161 Å². The number of carbonyl (C=O) groups excluding carboxylic acids is 2. The second-order valence-electron chi connectivity index (χ2n) is 8.33. The lowest BCUT2D eigenvalue weighted by Crippen LogP contribution is -2.74. The van der Waals surface area contributed by atoms with E-state index in [0.717, 1.165) is 12.8 Å². The number of benzene rings is 1. The number of carbonyl (C=O) groups is 2. The van der Waals surface area contributed by atoms with Crippen molar-refractivity contribution < 1.29 is 14.3 Å². The van der Waals surface area contributed by atoms with E-state index < -0.39 is 11.0 Å². The normalized spacial score (nSPS) is 27.0. The quantitative estimate of drug-likeness (QED) is 0.715. The third kappa shape index (κ3) is 3.73. The molecule has 0 aliphatic heterocycles. The van der Waals surface area contributed by atoms with Crippen LogP contribution in [0.25, 0.3) is 0 Å². The molecule has 0 heterocycles. The van der Waals surface area contributed by atoms with Gasteiger partial charge in [-0.15, -0.1) is 0 Å². The third-order valence-electron chi connectivity index (χ3n) is 6.33. The number of hydrogen-bond donors (Lipinski definition) is 3. The first kappa shape index (κ1) is 19.8. The highest BCUT2D eigenvalue weighted by molar-refractivity contribution is 6.00. The first-order valence-electron chi connectivity index (χ1n) is 9.91. The van der Waals surface area contributed by atoms with E-state index in [9.17, 15) is 9.59 Å². The lowest BCUT2D eigenvalue weighted by molar-refractivity contribution is -0.166. The zero-order valence-electron chi connectivity index (χ0n) is 16.5. The Balaban J connectivity index is 1.59. The maximum atomic E-state index is 12.8. The third-order valence-corrected chi connectivity index (χ3v) is 6.33. The minimum atomic E-state index is -0.967. The summed E-state index contributed by atoms with van der Waals surface area (Å²) in [4.78, 5) is 25.1. The molecule has 2 amide bonds. The van der Waals surface area contributed by atoms with Gasteiger partial charge in [-0.2, -0.15) is 0 Å². The number of rotatable bonds is 6. The first-order chi connectivity index (χ1) is 12.8. The molecule has 0 bridgehead atoms. The first-order valence-corrected chi connectivity index (χ1v) is 9.91. The van der Waals surface area contributed by atoms with E-state index in [4.69, 9.17) is 10.5 Å². The van der Waals surface area contributed by atoms with Gasteiger partial charge in [0.1, 0.15) is 5.54 Å². The molecule has 2 aliphatic carbocycles. The summed E-state index contributed by atoms with van der Waals surface area (Å²) in [5.74, 6) is -0.277. The Kier molecular flexibility index (Phi) is 5.58. The molecule has 2 saturated carbocycles. The molecule has 4 N–H and O–H groups in total. The number of nitrogens with two attached hydrogens (primary N) is 1. The summed E-state index contributed by atoms with van der Waals surface area (Å²) in [7, 11) is 0. The number of ether oxygens (including phenoxy) is 1. The van der Waals surface area contributed by atoms with Gasteiger partial charge in [0, 0.05) is 35.7 Å². The molecule has 2 fully saturated rings. The summed E-state index contributed by atoms with van der Waals surface area (Å²) in [6, 6.07) is 7.25. The summed E-state index contributed by atoms with van der Waals surface area (Å²) in [5.41, 5.74) is 6.24. The molecule has 2 unspecified atom stereocenters. The molecule has 0 saturated heterocycles. The minimum absolute atomic E-state index is 0.0140. The van der Waals surface area contributed by atoms with Crippen LogP contribution in [0.4, 0.5) is 5.69 Å². The van der Waals surface area contributed by atoms with Gasteiger partial charge in [-0.1, -0.05) is 26.7 Å². The highest BCUT2D eigenvalue weighted by atomic mass is 16.5. The van der Waals surface area contributed by atoms with Crippen LogP contribution < -0.4 is 16.4 Å². The van der Waals surface area contributed by atoms with Crippen molar-refractivity contribution in [2.75, 3.05) is 11.9 Å². The van der Waals surface area contributed by atoms with Gasteiger partial charge in [-0.05, 0) is 44.0 Å². The van der Waals surface area contributed by atoms with Crippen molar-refractivity contribution in [2.45, 2.75) is 70.6 Å². The van der Waals surface area contributed by atoms with Crippen molar-refractivity contribution in [2.24, 2.45) is 11.1 Å². The summed E-state index contributed by atoms with van der Waals surface area (Å²) >= 11 is 0. The Morgan fingerprint density at radius 2 is 1.81 bits per heavy atom. The van der Waals surface area contributed by atoms with Crippen LogP contribution in [0.15, 0.2) is 24.3 Å². The molecular weight excluding hydrogens is 342 g/mol. The van der Waals surface area contributed by atoms with E-state index in [1.807, 2.05) is 20.8 Å². The number of nitrogens with one attached hydrogen (secondary N) is 2. The van der Waals surface area contributed by atoms with Crippen LogP contribution >= 0.6 is 0 Å². The van der Waals surface area contributed by atoms with E-state index in [2.05, 4.69) is 10.6 Å². The average Bonchev–Trinajstić information content (AvgIpc) is 3.14. The van der Waals surface area contributed by atoms with Crippen molar-refractivity contribution >= 4 is 17.5 Å². The number of hydrogen-bond acceptors (Lipinski definition) is 4. The van der Waals surface area contributed by atoms with Crippen LogP contribution in [0, 0.1) is 5.41 Å². The molecule has 148 valence electrons. The predicted octanol–water partition coefficient (Wildman–Crippen LogP) is 2.83. The van der Waals surface area contributed by atoms with E-state index in [1.165, 1.54) is 12.8 Å². The van der Waals surface area contributed by atoms with Crippen molar-refractivity contribution in [1.29, 1.82) is 0 Å². The van der Waals surface area contributed by atoms with Gasteiger partial charge in [-0.3, -0.25) is 9.59 Å². The molecule has 27 heavy (non-hydrogen) atoms. The second kappa shape index (κ2) is 7.60. The number of amides is 2. The lowest BCUT2D eigenvalue weighted by atomic mass is 9.54. The monoisotopic (exact) mass is 373 g/mol. The molecule has 2 aliphatic rings. The van der Waals surface area contributed by atoms with Crippen LogP contribution in [0.2, 0.25) is 0 Å². The fourth-order valence-electron chi connectivity index (χ4n) is 4.11. The highest BCUT2D eigenvalue weighted by Crippen LogP contribution is 2.50. The van der Waals surface area contributed by atoms with Crippen molar-refractivity contribution in [3.05, 3.63) is 29.8 Å². The smallest absolute Gasteiger partial charge is 0.251 e. The standard InChI is InChI=1S/C21H31N3O3/c1-4-27-17-13-21(22,20(17,2)3)19(26)24-16-11-9-14(10-12-16)18(25)23-15-7-5-6-8-15/h9-12,15,17H,4-8,13,22H2,1-3H3,(H,23,25)(H,24,26). The molecule has 1 aromatic rings. The highest BCUT2D eigenvalue weighted by Gasteiger charge is 2.62. The zero-order valence-corrected chi connectivity index (χ0v) is 16.5. The summed E-state index contributed by atoms with van der Waals surface area (Å²) in [6.45, 7) is 6.48. The zero-order chi connectivity index (χ0) is 19.7. The van der Waals surface area contributed by atoms with Gasteiger partial charge in [0.25, 0.3) is 5.91 Å². The molecule has 3 rings (SSSR count). The van der Waals surface area contributed by atoms with Crippen LogP contribution in [0.5, 0.6) is 0 Å².